The smallest absolute Gasteiger partial charge is 0.277 e. The van der Waals surface area contributed by atoms with Crippen LogP contribution in [-0.2, 0) is 11.3 Å². The predicted molar refractivity (Wildman–Crippen MR) is 132 cm³/mol. The molecule has 0 saturated carbocycles. The van der Waals surface area contributed by atoms with Gasteiger partial charge < -0.3 is 14.8 Å². The van der Waals surface area contributed by atoms with Crippen LogP contribution in [0, 0.1) is 20.8 Å². The van der Waals surface area contributed by atoms with Crippen molar-refractivity contribution in [1.29, 1.82) is 0 Å². The number of hydrogen-bond donors (Lipinski definition) is 1. The van der Waals surface area contributed by atoms with Crippen LogP contribution in [0.25, 0.3) is 21.9 Å². The topological polar surface area (TPSA) is 74.2 Å². The second kappa shape index (κ2) is 8.39. The van der Waals surface area contributed by atoms with Crippen molar-refractivity contribution in [3.63, 3.8) is 0 Å². The largest absolute Gasteiger partial charge is 0.368 e. The molecule has 4 aromatic rings. The quantitative estimate of drug-likeness (QED) is 0.524. The molecule has 0 aliphatic carbocycles. The summed E-state index contributed by atoms with van der Waals surface area (Å²) in [7, 11) is 0. The Morgan fingerprint density at radius 3 is 2.64 bits per heavy atom. The lowest BCUT2D eigenvalue weighted by Gasteiger charge is -2.37. The SMILES string of the molecule is Cc1ccc2[nH]c3c(=O)n(CCC(=O)N4CCN(c5cccc(C)c5C)CC4)cnc3c2c1. The van der Waals surface area contributed by atoms with E-state index in [0.717, 1.165) is 29.6 Å². The first-order chi connectivity index (χ1) is 15.9. The molecule has 7 nitrogen and oxygen atoms in total. The zero-order valence-electron chi connectivity index (χ0n) is 19.4. The van der Waals surface area contributed by atoms with Crippen LogP contribution in [0.1, 0.15) is 23.1 Å². The van der Waals surface area contributed by atoms with Crippen molar-refractivity contribution in [3.05, 3.63) is 69.8 Å². The molecule has 7 heteroatoms. The zero-order valence-corrected chi connectivity index (χ0v) is 19.4. The number of nitrogens with one attached hydrogen (secondary N) is 1. The number of carbonyl (C=O) groups excluding carboxylic acids is 1. The van der Waals surface area contributed by atoms with Crippen LogP contribution in [0.3, 0.4) is 0 Å². The zero-order chi connectivity index (χ0) is 23.1. The molecule has 1 amide bonds. The van der Waals surface area contributed by atoms with Gasteiger partial charge in [-0.3, -0.25) is 14.2 Å². The number of aromatic amines is 1. The molecule has 1 aliphatic heterocycles. The molecule has 33 heavy (non-hydrogen) atoms. The van der Waals surface area contributed by atoms with Crippen molar-refractivity contribution in [2.45, 2.75) is 33.7 Å². The van der Waals surface area contributed by atoms with E-state index >= 15 is 0 Å². The van der Waals surface area contributed by atoms with Gasteiger partial charge in [0.1, 0.15) is 11.0 Å². The van der Waals surface area contributed by atoms with E-state index in [1.54, 1.807) is 6.33 Å². The number of benzene rings is 2. The maximum Gasteiger partial charge on any atom is 0.277 e. The third-order valence-electron chi connectivity index (χ3n) is 6.84. The highest BCUT2D eigenvalue weighted by molar-refractivity contribution is 6.04. The summed E-state index contributed by atoms with van der Waals surface area (Å²) in [5.74, 6) is 0.0786. The molecule has 1 saturated heterocycles. The van der Waals surface area contributed by atoms with Gasteiger partial charge in [0.25, 0.3) is 5.56 Å². The number of H-pyrrole nitrogens is 1. The molecule has 1 fully saturated rings. The number of nitrogens with zero attached hydrogens (tertiary/aromatic N) is 4. The number of anilines is 1. The van der Waals surface area contributed by atoms with Crippen molar-refractivity contribution >= 4 is 33.5 Å². The first kappa shape index (κ1) is 21.2. The molecular weight excluding hydrogens is 414 g/mol. The number of piperazine rings is 1. The maximum absolute atomic E-state index is 13.0. The monoisotopic (exact) mass is 443 g/mol. The molecule has 1 N–H and O–H groups in total. The lowest BCUT2D eigenvalue weighted by Crippen LogP contribution is -2.49. The van der Waals surface area contributed by atoms with Crippen LogP contribution in [-0.4, -0.2) is 51.5 Å². The van der Waals surface area contributed by atoms with E-state index in [1.165, 1.54) is 21.4 Å². The maximum atomic E-state index is 13.0. The summed E-state index contributed by atoms with van der Waals surface area (Å²) in [6, 6.07) is 12.4. The Bertz CT molecular complexity index is 1410. The van der Waals surface area contributed by atoms with Crippen molar-refractivity contribution < 1.29 is 4.79 Å². The Hall–Kier alpha value is -3.61. The average molecular weight is 444 g/mol. The first-order valence-electron chi connectivity index (χ1n) is 11.5. The van der Waals surface area contributed by atoms with Gasteiger partial charge >= 0.3 is 0 Å². The van der Waals surface area contributed by atoms with Crippen molar-refractivity contribution in [1.82, 2.24) is 19.4 Å². The van der Waals surface area contributed by atoms with E-state index in [1.807, 2.05) is 30.0 Å². The predicted octanol–water partition coefficient (Wildman–Crippen LogP) is 3.54. The Morgan fingerprint density at radius 1 is 1.06 bits per heavy atom. The molecule has 0 atom stereocenters. The highest BCUT2D eigenvalue weighted by atomic mass is 16.2. The molecule has 2 aromatic heterocycles. The van der Waals surface area contributed by atoms with E-state index in [2.05, 4.69) is 46.9 Å². The Labute approximate surface area is 192 Å². The third kappa shape index (κ3) is 3.88. The normalized spacial score (nSPS) is 14.4. The fourth-order valence-electron chi connectivity index (χ4n) is 4.71. The van der Waals surface area contributed by atoms with Crippen molar-refractivity contribution in [2.75, 3.05) is 31.1 Å². The van der Waals surface area contributed by atoms with Gasteiger partial charge in [-0.05, 0) is 50.1 Å². The summed E-state index contributed by atoms with van der Waals surface area (Å²) in [5.41, 5.74) is 6.90. The van der Waals surface area contributed by atoms with Gasteiger partial charge in [0, 0.05) is 55.7 Å². The molecule has 0 bridgehead atoms. The van der Waals surface area contributed by atoms with Gasteiger partial charge in [-0.15, -0.1) is 0 Å². The fraction of sp³-hybridized carbons (Fsp3) is 0.346. The number of amides is 1. The lowest BCUT2D eigenvalue weighted by atomic mass is 10.1. The van der Waals surface area contributed by atoms with E-state index in [0.29, 0.717) is 30.7 Å². The van der Waals surface area contributed by atoms with Gasteiger partial charge in [-0.2, -0.15) is 0 Å². The standard InChI is InChI=1S/C26H29N5O2/c1-17-7-8-21-20(15-17)24-25(28-21)26(33)31(16-27-24)10-9-23(32)30-13-11-29(12-14-30)22-6-4-5-18(2)19(22)3/h4-8,15-16,28H,9-14H2,1-3H3. The average Bonchev–Trinajstić information content (AvgIpc) is 3.19. The van der Waals surface area contributed by atoms with E-state index in [-0.39, 0.29) is 17.9 Å². The number of aromatic nitrogens is 3. The summed E-state index contributed by atoms with van der Waals surface area (Å²) in [4.78, 5) is 37.8. The number of carbonyl (C=O) groups is 1. The summed E-state index contributed by atoms with van der Waals surface area (Å²) >= 11 is 0. The highest BCUT2D eigenvalue weighted by Crippen LogP contribution is 2.24. The second-order valence-corrected chi connectivity index (χ2v) is 8.98. The second-order valence-electron chi connectivity index (χ2n) is 8.98. The number of aryl methyl sites for hydroxylation is 3. The Morgan fingerprint density at radius 2 is 1.85 bits per heavy atom. The van der Waals surface area contributed by atoms with Crippen LogP contribution in [0.2, 0.25) is 0 Å². The minimum atomic E-state index is -0.138. The number of hydrogen-bond acceptors (Lipinski definition) is 4. The Kier molecular flexibility index (Phi) is 5.40. The van der Waals surface area contributed by atoms with Gasteiger partial charge in [0.2, 0.25) is 5.91 Å². The fourth-order valence-corrected chi connectivity index (χ4v) is 4.71. The van der Waals surface area contributed by atoms with Crippen LogP contribution < -0.4 is 10.5 Å². The molecule has 3 heterocycles. The van der Waals surface area contributed by atoms with E-state index < -0.39 is 0 Å². The summed E-state index contributed by atoms with van der Waals surface area (Å²) in [5, 5.41) is 0.951. The number of fused-ring (bicyclic) bond motifs is 3. The minimum Gasteiger partial charge on any atom is -0.368 e. The summed E-state index contributed by atoms with van der Waals surface area (Å²) in [6.45, 7) is 9.65. The molecule has 0 unspecified atom stereocenters. The first-order valence-corrected chi connectivity index (χ1v) is 11.5. The Balaban J connectivity index is 1.25. The summed E-state index contributed by atoms with van der Waals surface area (Å²) < 4.78 is 1.54. The molecule has 0 radical (unpaired) electrons. The van der Waals surface area contributed by atoms with Gasteiger partial charge in [-0.1, -0.05) is 23.8 Å². The van der Waals surface area contributed by atoms with Crippen LogP contribution >= 0.6 is 0 Å². The van der Waals surface area contributed by atoms with Gasteiger partial charge in [0.15, 0.2) is 0 Å². The van der Waals surface area contributed by atoms with Crippen molar-refractivity contribution in [3.8, 4) is 0 Å². The summed E-state index contributed by atoms with van der Waals surface area (Å²) in [6.07, 6.45) is 1.85. The minimum absolute atomic E-state index is 0.0786. The van der Waals surface area contributed by atoms with Crippen LogP contribution in [0.5, 0.6) is 0 Å². The van der Waals surface area contributed by atoms with Gasteiger partial charge in [0.05, 0.1) is 6.33 Å². The van der Waals surface area contributed by atoms with E-state index in [4.69, 9.17) is 0 Å². The number of rotatable bonds is 4. The highest BCUT2D eigenvalue weighted by Gasteiger charge is 2.22. The van der Waals surface area contributed by atoms with Crippen LogP contribution in [0.15, 0.2) is 47.5 Å². The third-order valence-corrected chi connectivity index (χ3v) is 6.84. The molecule has 1 aliphatic rings. The molecule has 170 valence electrons. The molecule has 5 rings (SSSR count). The van der Waals surface area contributed by atoms with Gasteiger partial charge in [-0.25, -0.2) is 4.98 Å². The molecular formula is C26H29N5O2. The molecule has 0 spiro atoms. The van der Waals surface area contributed by atoms with E-state index in [9.17, 15) is 9.59 Å². The van der Waals surface area contributed by atoms with Crippen LogP contribution in [0.4, 0.5) is 5.69 Å². The van der Waals surface area contributed by atoms with Crippen molar-refractivity contribution in [2.24, 2.45) is 0 Å². The lowest BCUT2D eigenvalue weighted by molar-refractivity contribution is -0.131. The molecule has 2 aromatic carbocycles.